The molecule has 1 aliphatic carbocycles. The number of carbonyl (C=O) groups excluding carboxylic acids is 3. The molecule has 7 nitrogen and oxygen atoms in total. The van der Waals surface area contributed by atoms with Crippen molar-refractivity contribution in [3.63, 3.8) is 0 Å². The van der Waals surface area contributed by atoms with Gasteiger partial charge < -0.3 is 20.1 Å². The molecular formula is C39H42N2O5. The van der Waals surface area contributed by atoms with E-state index in [4.69, 9.17) is 9.47 Å². The highest BCUT2D eigenvalue weighted by molar-refractivity contribution is 6.12. The second-order valence-electron chi connectivity index (χ2n) is 11.7. The summed E-state index contributed by atoms with van der Waals surface area (Å²) in [5.74, 6) is 0.589. The Labute approximate surface area is 271 Å². The zero-order valence-corrected chi connectivity index (χ0v) is 26.4. The van der Waals surface area contributed by atoms with Crippen molar-refractivity contribution in [3.05, 3.63) is 125 Å². The zero-order chi connectivity index (χ0) is 32.1. The van der Waals surface area contributed by atoms with Crippen molar-refractivity contribution in [2.24, 2.45) is 5.92 Å². The lowest BCUT2D eigenvalue weighted by atomic mass is 9.83. The maximum Gasteiger partial charge on any atom is 0.328 e. The maximum absolute atomic E-state index is 13.2. The molecule has 1 fully saturated rings. The van der Waals surface area contributed by atoms with Crippen molar-refractivity contribution in [2.75, 3.05) is 30.9 Å². The molecule has 1 aliphatic rings. The molecule has 0 aromatic heterocycles. The van der Waals surface area contributed by atoms with E-state index in [-0.39, 0.29) is 17.5 Å². The number of rotatable bonds is 15. The minimum absolute atomic E-state index is 0.124. The highest BCUT2D eigenvalue weighted by Gasteiger charge is 2.24. The van der Waals surface area contributed by atoms with Gasteiger partial charge in [0.15, 0.2) is 11.6 Å². The molecule has 2 N–H and O–H groups in total. The number of esters is 1. The summed E-state index contributed by atoms with van der Waals surface area (Å²) in [4.78, 5) is 39.1. The number of hydrogen-bond acceptors (Lipinski definition) is 7. The first-order chi connectivity index (χ1) is 22.5. The Balaban J connectivity index is 1.13. The first-order valence-corrected chi connectivity index (χ1v) is 16.2. The van der Waals surface area contributed by atoms with Crippen molar-refractivity contribution in [1.29, 1.82) is 0 Å². The third kappa shape index (κ3) is 8.62. The molecule has 4 aromatic carbocycles. The van der Waals surface area contributed by atoms with E-state index in [2.05, 4.69) is 10.6 Å². The minimum Gasteiger partial charge on any atom is -0.494 e. The van der Waals surface area contributed by atoms with Gasteiger partial charge in [-0.2, -0.15) is 0 Å². The average Bonchev–Trinajstić information content (AvgIpc) is 3.12. The van der Waals surface area contributed by atoms with Crippen LogP contribution in [0.5, 0.6) is 5.75 Å². The Bertz CT molecular complexity index is 1600. The van der Waals surface area contributed by atoms with Gasteiger partial charge >= 0.3 is 5.97 Å². The summed E-state index contributed by atoms with van der Waals surface area (Å²) in [5, 5.41) is 6.68. The van der Waals surface area contributed by atoms with E-state index >= 15 is 0 Å². The Kier molecular flexibility index (Phi) is 11.6. The van der Waals surface area contributed by atoms with Crippen LogP contribution in [0.3, 0.4) is 0 Å². The normalized spacial score (nSPS) is 13.8. The summed E-state index contributed by atoms with van der Waals surface area (Å²) < 4.78 is 11.1. The van der Waals surface area contributed by atoms with Gasteiger partial charge in [0.05, 0.1) is 13.7 Å². The van der Waals surface area contributed by atoms with Gasteiger partial charge in [0, 0.05) is 46.9 Å². The first-order valence-electron chi connectivity index (χ1n) is 16.2. The molecule has 7 heteroatoms. The lowest BCUT2D eigenvalue weighted by molar-refractivity contribution is -0.141. The van der Waals surface area contributed by atoms with E-state index in [0.29, 0.717) is 36.4 Å². The van der Waals surface area contributed by atoms with Crippen LogP contribution in [0.2, 0.25) is 0 Å². The Morgan fingerprint density at radius 2 is 1.41 bits per heavy atom. The summed E-state index contributed by atoms with van der Waals surface area (Å²) in [6.07, 6.45) is 6.61. The van der Waals surface area contributed by atoms with Crippen LogP contribution >= 0.6 is 0 Å². The molecule has 0 bridgehead atoms. The van der Waals surface area contributed by atoms with E-state index in [1.807, 2.05) is 72.8 Å². The number of Topliss-reactive ketones (excluding diaryl/α,β-unsaturated/α-hetero) is 1. The number of para-hydroxylation sites is 2. The van der Waals surface area contributed by atoms with Crippen LogP contribution in [0.25, 0.3) is 0 Å². The molecule has 4 aromatic rings. The fourth-order valence-electron chi connectivity index (χ4n) is 5.95. The Hall–Kier alpha value is -4.91. The molecule has 0 spiro atoms. The average molecular weight is 619 g/mol. The van der Waals surface area contributed by atoms with Gasteiger partial charge in [-0.1, -0.05) is 86.0 Å². The fraction of sp³-hybridized carbons (Fsp3) is 0.308. The highest BCUT2D eigenvalue weighted by Crippen LogP contribution is 2.29. The van der Waals surface area contributed by atoms with Gasteiger partial charge in [-0.25, -0.2) is 4.79 Å². The van der Waals surface area contributed by atoms with Crippen LogP contribution in [-0.4, -0.2) is 43.8 Å². The predicted molar refractivity (Wildman–Crippen MR) is 182 cm³/mol. The molecule has 0 aliphatic heterocycles. The van der Waals surface area contributed by atoms with E-state index in [9.17, 15) is 14.4 Å². The molecule has 5 rings (SSSR count). The molecule has 0 radical (unpaired) electrons. The molecule has 0 amide bonds. The molecule has 46 heavy (non-hydrogen) atoms. The van der Waals surface area contributed by atoms with Gasteiger partial charge in [-0.15, -0.1) is 0 Å². The lowest BCUT2D eigenvalue weighted by Crippen LogP contribution is -2.33. The number of nitrogens with one attached hydrogen (secondary N) is 2. The van der Waals surface area contributed by atoms with Crippen LogP contribution in [0.15, 0.2) is 103 Å². The summed E-state index contributed by atoms with van der Waals surface area (Å²) >= 11 is 0. The molecule has 1 saturated carbocycles. The number of ketones is 2. The lowest BCUT2D eigenvalue weighted by Gasteiger charge is -2.21. The fourth-order valence-corrected chi connectivity index (χ4v) is 5.95. The molecule has 0 heterocycles. The van der Waals surface area contributed by atoms with Gasteiger partial charge in [-0.3, -0.25) is 9.59 Å². The van der Waals surface area contributed by atoms with E-state index < -0.39 is 12.0 Å². The number of ether oxygens (including phenoxy) is 2. The zero-order valence-electron chi connectivity index (χ0n) is 26.4. The van der Waals surface area contributed by atoms with Crippen molar-refractivity contribution in [3.8, 4) is 5.75 Å². The largest absolute Gasteiger partial charge is 0.494 e. The van der Waals surface area contributed by atoms with Crippen LogP contribution in [-0.2, 0) is 16.0 Å². The van der Waals surface area contributed by atoms with Crippen LogP contribution in [0.4, 0.5) is 11.4 Å². The monoisotopic (exact) mass is 618 g/mol. The first kappa shape index (κ1) is 32.5. The Morgan fingerprint density at radius 3 is 2.13 bits per heavy atom. The highest BCUT2D eigenvalue weighted by atomic mass is 16.5. The predicted octanol–water partition coefficient (Wildman–Crippen LogP) is 7.76. The number of hydrogen-bond donors (Lipinski definition) is 2. The van der Waals surface area contributed by atoms with Crippen LogP contribution < -0.4 is 15.4 Å². The van der Waals surface area contributed by atoms with Gasteiger partial charge in [0.1, 0.15) is 11.8 Å². The molecule has 1 unspecified atom stereocenters. The number of anilines is 2. The Morgan fingerprint density at radius 1 is 0.761 bits per heavy atom. The minimum atomic E-state index is -0.694. The summed E-state index contributed by atoms with van der Waals surface area (Å²) in [6.45, 7) is 1.21. The van der Waals surface area contributed by atoms with Crippen LogP contribution in [0.1, 0.15) is 70.4 Å². The molecular weight excluding hydrogens is 576 g/mol. The second-order valence-corrected chi connectivity index (χ2v) is 11.7. The molecule has 1 atom stereocenters. The van der Waals surface area contributed by atoms with Gasteiger partial charge in [0.2, 0.25) is 0 Å². The third-order valence-electron chi connectivity index (χ3n) is 8.46. The van der Waals surface area contributed by atoms with E-state index in [0.717, 1.165) is 54.7 Å². The molecule has 238 valence electrons. The van der Waals surface area contributed by atoms with E-state index in [1.165, 1.54) is 13.5 Å². The van der Waals surface area contributed by atoms with Gasteiger partial charge in [-0.05, 0) is 61.2 Å². The topological polar surface area (TPSA) is 93.7 Å². The maximum atomic E-state index is 13.2. The second kappa shape index (κ2) is 16.4. The SMILES string of the molecule is COC(=O)C(Cc1ccc(OCCCNc2ccccc2C(=O)C2CCCCC2)cc1)Nc1ccccc1C(=O)c1ccccc1. The summed E-state index contributed by atoms with van der Waals surface area (Å²) in [5.41, 5.74) is 4.23. The van der Waals surface area contributed by atoms with Crippen molar-refractivity contribution >= 4 is 28.9 Å². The number of benzene rings is 4. The summed E-state index contributed by atoms with van der Waals surface area (Å²) in [7, 11) is 1.36. The standard InChI is InChI=1S/C39H42N2O5/c1-45-39(44)36(41-35-20-11-9-18-33(35)38(43)30-15-6-3-7-16-30)27-28-21-23-31(24-22-28)46-26-12-25-40-34-19-10-8-17-32(34)37(42)29-13-4-2-5-14-29/h3,6-11,15-24,29,36,40-41H,2,4-5,12-14,25-27H2,1H3. The van der Waals surface area contributed by atoms with Gasteiger partial charge in [0.25, 0.3) is 0 Å². The number of methoxy groups -OCH3 is 1. The number of carbonyl (C=O) groups is 3. The summed E-state index contributed by atoms with van der Waals surface area (Å²) in [6, 6.07) is 31.0. The van der Waals surface area contributed by atoms with E-state index in [1.54, 1.807) is 30.3 Å². The van der Waals surface area contributed by atoms with Crippen molar-refractivity contribution in [2.45, 2.75) is 51.0 Å². The third-order valence-corrected chi connectivity index (χ3v) is 8.46. The van der Waals surface area contributed by atoms with Crippen molar-refractivity contribution in [1.82, 2.24) is 0 Å². The smallest absolute Gasteiger partial charge is 0.328 e. The van der Waals surface area contributed by atoms with Crippen LogP contribution in [0, 0.1) is 5.92 Å². The van der Waals surface area contributed by atoms with Crippen molar-refractivity contribution < 1.29 is 23.9 Å². The molecule has 0 saturated heterocycles. The quantitative estimate of drug-likeness (QED) is 0.0799.